The highest BCUT2D eigenvalue weighted by molar-refractivity contribution is 7.17. The average molecular weight is 385 g/mol. The molecule has 0 saturated carbocycles. The van der Waals surface area contributed by atoms with Gasteiger partial charge in [0.05, 0.1) is 27.5 Å². The van der Waals surface area contributed by atoms with Gasteiger partial charge in [-0.1, -0.05) is 29.5 Å². The van der Waals surface area contributed by atoms with E-state index in [0.717, 1.165) is 5.69 Å². The van der Waals surface area contributed by atoms with E-state index >= 15 is 0 Å². The molecular weight excluding hydrogens is 366 g/mol. The number of carbonyl (C=O) groups excluding carboxylic acids is 1. The van der Waals surface area contributed by atoms with Crippen LogP contribution in [0.3, 0.4) is 0 Å². The number of hydrogen-bond donors (Lipinski definition) is 2. The molecule has 0 atom stereocenters. The first-order valence-corrected chi connectivity index (χ1v) is 8.85. The summed E-state index contributed by atoms with van der Waals surface area (Å²) in [5.74, 6) is 1.35. The molecule has 0 spiro atoms. The minimum absolute atomic E-state index is 0.211. The molecule has 27 heavy (non-hydrogen) atoms. The Morgan fingerprint density at radius 2 is 1.63 bits per heavy atom. The lowest BCUT2D eigenvalue weighted by Gasteiger charge is -2.14. The molecule has 3 rings (SSSR count). The maximum absolute atomic E-state index is 12.3. The Kier molecular flexibility index (Phi) is 5.77. The second-order valence-corrected chi connectivity index (χ2v) is 6.42. The molecule has 0 saturated heterocycles. The van der Waals surface area contributed by atoms with Gasteiger partial charge in [0, 0.05) is 23.5 Å². The summed E-state index contributed by atoms with van der Waals surface area (Å²) in [4.78, 5) is 17.1. The molecule has 0 aliphatic rings. The molecule has 0 unspecified atom stereocenters. The van der Waals surface area contributed by atoms with Gasteiger partial charge in [-0.15, -0.1) is 0 Å². The lowest BCUT2D eigenvalue weighted by Crippen LogP contribution is -2.09. The third kappa shape index (κ3) is 4.29. The van der Waals surface area contributed by atoms with Gasteiger partial charge in [-0.2, -0.15) is 0 Å². The third-order valence-electron chi connectivity index (χ3n) is 3.68. The van der Waals surface area contributed by atoms with Crippen molar-refractivity contribution in [2.75, 3.05) is 32.0 Å². The number of thiazole rings is 1. The van der Waals surface area contributed by atoms with E-state index in [0.29, 0.717) is 32.9 Å². The fourth-order valence-corrected chi connectivity index (χ4v) is 3.16. The predicted octanol–water partition coefficient (Wildman–Crippen LogP) is 4.16. The fourth-order valence-electron chi connectivity index (χ4n) is 2.43. The molecule has 2 aromatic carbocycles. The zero-order valence-corrected chi connectivity index (χ0v) is 15.9. The van der Waals surface area contributed by atoms with Crippen molar-refractivity contribution in [1.29, 1.82) is 0 Å². The lowest BCUT2D eigenvalue weighted by molar-refractivity contribution is 0.103. The molecule has 3 aromatic rings. The van der Waals surface area contributed by atoms with Crippen molar-refractivity contribution >= 4 is 33.8 Å². The largest absolute Gasteiger partial charge is 0.493 e. The van der Waals surface area contributed by atoms with E-state index in [1.807, 2.05) is 30.3 Å². The first-order chi connectivity index (χ1) is 13.1. The van der Waals surface area contributed by atoms with E-state index in [1.165, 1.54) is 17.5 Å². The highest BCUT2D eigenvalue weighted by Gasteiger charge is 2.15. The van der Waals surface area contributed by atoms with Gasteiger partial charge >= 0.3 is 0 Å². The number of anilines is 3. The van der Waals surface area contributed by atoms with Crippen LogP contribution in [0.25, 0.3) is 0 Å². The quantitative estimate of drug-likeness (QED) is 0.635. The second-order valence-electron chi connectivity index (χ2n) is 5.39. The van der Waals surface area contributed by atoms with E-state index in [4.69, 9.17) is 14.2 Å². The Balaban J connectivity index is 1.76. The molecule has 140 valence electrons. The van der Waals surface area contributed by atoms with Gasteiger partial charge in [0.2, 0.25) is 5.75 Å². The van der Waals surface area contributed by atoms with E-state index < -0.39 is 0 Å². The van der Waals surface area contributed by atoms with Crippen molar-refractivity contribution in [1.82, 2.24) is 4.98 Å². The summed E-state index contributed by atoms with van der Waals surface area (Å²) >= 11 is 1.24. The molecule has 0 fully saturated rings. The van der Waals surface area contributed by atoms with Crippen LogP contribution in [0.4, 0.5) is 16.5 Å². The van der Waals surface area contributed by atoms with Gasteiger partial charge in [-0.05, 0) is 12.1 Å². The normalized spacial score (nSPS) is 10.2. The smallest absolute Gasteiger partial charge is 0.267 e. The van der Waals surface area contributed by atoms with Gasteiger partial charge < -0.3 is 24.8 Å². The maximum atomic E-state index is 12.3. The number of aromatic nitrogens is 1. The van der Waals surface area contributed by atoms with Crippen LogP contribution < -0.4 is 24.8 Å². The van der Waals surface area contributed by atoms with Crippen molar-refractivity contribution in [2.24, 2.45) is 0 Å². The highest BCUT2D eigenvalue weighted by Crippen LogP contribution is 2.40. The number of ether oxygens (including phenoxy) is 3. The minimum Gasteiger partial charge on any atom is -0.493 e. The van der Waals surface area contributed by atoms with Gasteiger partial charge in [-0.25, -0.2) is 4.98 Å². The summed E-state index contributed by atoms with van der Waals surface area (Å²) in [6.45, 7) is 0. The van der Waals surface area contributed by atoms with E-state index in [2.05, 4.69) is 15.6 Å². The third-order valence-corrected chi connectivity index (χ3v) is 4.59. The number of benzene rings is 2. The van der Waals surface area contributed by atoms with Crippen LogP contribution in [0.2, 0.25) is 0 Å². The van der Waals surface area contributed by atoms with Crippen molar-refractivity contribution in [3.63, 3.8) is 0 Å². The van der Waals surface area contributed by atoms with Crippen molar-refractivity contribution in [3.05, 3.63) is 53.5 Å². The number of para-hydroxylation sites is 1. The summed E-state index contributed by atoms with van der Waals surface area (Å²) in [6, 6.07) is 12.8. The summed E-state index contributed by atoms with van der Waals surface area (Å²) in [5, 5.41) is 6.56. The SMILES string of the molecule is COc1cc(Nc2ncc(C(=O)Nc3ccccc3)s2)cc(OC)c1OC. The Labute approximate surface area is 160 Å². The van der Waals surface area contributed by atoms with Crippen LogP contribution in [0.1, 0.15) is 9.67 Å². The van der Waals surface area contributed by atoms with Crippen LogP contribution in [0.5, 0.6) is 17.2 Å². The van der Waals surface area contributed by atoms with Gasteiger partial charge in [-0.3, -0.25) is 4.79 Å². The number of methoxy groups -OCH3 is 3. The monoisotopic (exact) mass is 385 g/mol. The number of carbonyl (C=O) groups is 1. The van der Waals surface area contributed by atoms with E-state index in [-0.39, 0.29) is 5.91 Å². The van der Waals surface area contributed by atoms with Gasteiger partial charge in [0.1, 0.15) is 4.88 Å². The topological polar surface area (TPSA) is 81.7 Å². The molecule has 2 N–H and O–H groups in total. The van der Waals surface area contributed by atoms with Crippen molar-refractivity contribution in [3.8, 4) is 17.2 Å². The highest BCUT2D eigenvalue weighted by atomic mass is 32.1. The summed E-state index contributed by atoms with van der Waals surface area (Å²) in [7, 11) is 4.65. The molecule has 8 heteroatoms. The summed E-state index contributed by atoms with van der Waals surface area (Å²) in [5.41, 5.74) is 1.43. The number of amides is 1. The number of nitrogens with zero attached hydrogens (tertiary/aromatic N) is 1. The molecule has 0 aliphatic heterocycles. The number of nitrogens with one attached hydrogen (secondary N) is 2. The van der Waals surface area contributed by atoms with Gasteiger partial charge in [0.15, 0.2) is 16.6 Å². The maximum Gasteiger partial charge on any atom is 0.267 e. The zero-order valence-electron chi connectivity index (χ0n) is 15.1. The number of rotatable bonds is 7. The molecular formula is C19H19N3O4S. The van der Waals surface area contributed by atoms with Crippen LogP contribution >= 0.6 is 11.3 Å². The van der Waals surface area contributed by atoms with Gasteiger partial charge in [0.25, 0.3) is 5.91 Å². The number of hydrogen-bond acceptors (Lipinski definition) is 7. The van der Waals surface area contributed by atoms with Crippen molar-refractivity contribution in [2.45, 2.75) is 0 Å². The Morgan fingerprint density at radius 3 is 2.22 bits per heavy atom. The van der Waals surface area contributed by atoms with Crippen LogP contribution in [-0.4, -0.2) is 32.2 Å². The van der Waals surface area contributed by atoms with Crippen molar-refractivity contribution < 1.29 is 19.0 Å². The van der Waals surface area contributed by atoms with E-state index in [1.54, 1.807) is 33.5 Å². The lowest BCUT2D eigenvalue weighted by atomic mass is 10.2. The fraction of sp³-hybridized carbons (Fsp3) is 0.158. The van der Waals surface area contributed by atoms with Crippen LogP contribution in [-0.2, 0) is 0 Å². The first-order valence-electron chi connectivity index (χ1n) is 8.04. The molecule has 1 heterocycles. The molecule has 1 amide bonds. The second kappa shape index (κ2) is 8.41. The Morgan fingerprint density at radius 1 is 0.963 bits per heavy atom. The average Bonchev–Trinajstić information content (AvgIpc) is 3.16. The molecule has 0 aliphatic carbocycles. The predicted molar refractivity (Wildman–Crippen MR) is 106 cm³/mol. The van der Waals surface area contributed by atoms with E-state index in [9.17, 15) is 4.79 Å². The molecule has 1 aromatic heterocycles. The van der Waals surface area contributed by atoms with Crippen LogP contribution in [0, 0.1) is 0 Å². The van der Waals surface area contributed by atoms with Crippen LogP contribution in [0.15, 0.2) is 48.7 Å². The Bertz CT molecular complexity index is 903. The first kappa shape index (κ1) is 18.5. The summed E-state index contributed by atoms with van der Waals surface area (Å²) < 4.78 is 16.0. The molecule has 0 radical (unpaired) electrons. The zero-order chi connectivity index (χ0) is 19.2. The summed E-state index contributed by atoms with van der Waals surface area (Å²) in [6.07, 6.45) is 1.53. The molecule has 7 nitrogen and oxygen atoms in total. The Hall–Kier alpha value is -3.26. The standard InChI is InChI=1S/C19H19N3O4S/c1-24-14-9-13(10-15(25-2)17(14)26-3)22-19-20-11-16(27-19)18(23)21-12-7-5-4-6-8-12/h4-11H,1-3H3,(H,20,22)(H,21,23). The molecule has 0 bridgehead atoms. The minimum atomic E-state index is -0.211.